The van der Waals surface area contributed by atoms with E-state index in [4.69, 9.17) is 10.5 Å². The highest BCUT2D eigenvalue weighted by Crippen LogP contribution is 2.19. The number of pyridine rings is 1. The van der Waals surface area contributed by atoms with Gasteiger partial charge in [-0.05, 0) is 31.9 Å². The highest BCUT2D eigenvalue weighted by molar-refractivity contribution is 5.94. The van der Waals surface area contributed by atoms with Crippen molar-refractivity contribution < 1.29 is 9.53 Å². The summed E-state index contributed by atoms with van der Waals surface area (Å²) in [6, 6.07) is 3.32. The van der Waals surface area contributed by atoms with E-state index >= 15 is 0 Å². The molecule has 0 radical (unpaired) electrons. The maximum absolute atomic E-state index is 12.0. The fraction of sp³-hybridized carbons (Fsp3) is 0.600. The molecular weight excluding hydrogens is 254 g/mol. The van der Waals surface area contributed by atoms with Crippen LogP contribution in [0.1, 0.15) is 48.2 Å². The van der Waals surface area contributed by atoms with E-state index in [2.05, 4.69) is 10.3 Å². The zero-order chi connectivity index (χ0) is 14.4. The van der Waals surface area contributed by atoms with Crippen LogP contribution in [0.5, 0.6) is 0 Å². The van der Waals surface area contributed by atoms with E-state index in [0.717, 1.165) is 18.5 Å². The van der Waals surface area contributed by atoms with Crippen LogP contribution in [-0.2, 0) is 4.74 Å². The Hall–Kier alpha value is -1.62. The zero-order valence-corrected chi connectivity index (χ0v) is 12.0. The average Bonchev–Trinajstić information content (AvgIpc) is 2.43. The Bertz CT molecular complexity index is 436. The number of nitrogen functional groups attached to an aromatic ring is 1. The van der Waals surface area contributed by atoms with E-state index in [-0.39, 0.29) is 5.91 Å². The van der Waals surface area contributed by atoms with Gasteiger partial charge in [0.25, 0.3) is 5.91 Å². The number of nitrogens with one attached hydrogen (secondary N) is 1. The van der Waals surface area contributed by atoms with Gasteiger partial charge in [0.05, 0.1) is 12.7 Å². The molecule has 1 saturated carbocycles. The molecule has 1 aliphatic carbocycles. The predicted molar refractivity (Wildman–Crippen MR) is 78.5 cm³/mol. The molecule has 5 heteroatoms. The second-order valence-corrected chi connectivity index (χ2v) is 5.31. The van der Waals surface area contributed by atoms with Crippen LogP contribution in [0.15, 0.2) is 12.1 Å². The summed E-state index contributed by atoms with van der Waals surface area (Å²) in [7, 11) is 0. The lowest BCUT2D eigenvalue weighted by molar-refractivity contribution is 0.0299. The van der Waals surface area contributed by atoms with Crippen LogP contribution in [0.3, 0.4) is 0 Å². The number of nitrogens with zero attached hydrogens (tertiary/aromatic N) is 1. The van der Waals surface area contributed by atoms with Crippen molar-refractivity contribution in [2.45, 2.75) is 45.1 Å². The van der Waals surface area contributed by atoms with E-state index in [1.54, 1.807) is 12.1 Å². The Morgan fingerprint density at radius 3 is 2.85 bits per heavy atom. The molecule has 0 bridgehead atoms. The molecule has 0 aromatic carbocycles. The normalized spacial score (nSPS) is 16.1. The first-order valence-corrected chi connectivity index (χ1v) is 7.29. The van der Waals surface area contributed by atoms with Gasteiger partial charge in [-0.15, -0.1) is 0 Å². The van der Waals surface area contributed by atoms with E-state index in [1.807, 2.05) is 6.92 Å². The molecule has 1 fully saturated rings. The Labute approximate surface area is 119 Å². The minimum atomic E-state index is -0.130. The van der Waals surface area contributed by atoms with Crippen LogP contribution < -0.4 is 11.1 Å². The van der Waals surface area contributed by atoms with Gasteiger partial charge in [0, 0.05) is 17.8 Å². The Balaban J connectivity index is 1.71. The first-order chi connectivity index (χ1) is 9.65. The standard InChI is InChI=1S/C15H23N3O2/c1-11-9-12(10-14(16)18-11)15(19)17-7-8-20-13-5-3-2-4-6-13/h9-10,13H,2-8H2,1H3,(H2,16,18)(H,17,19). The molecule has 1 amide bonds. The molecule has 0 atom stereocenters. The van der Waals surface area contributed by atoms with Crippen LogP contribution in [0.2, 0.25) is 0 Å². The van der Waals surface area contributed by atoms with E-state index in [9.17, 15) is 4.79 Å². The molecule has 3 N–H and O–H groups in total. The SMILES string of the molecule is Cc1cc(C(=O)NCCOC2CCCCC2)cc(N)n1. The Morgan fingerprint density at radius 2 is 2.15 bits per heavy atom. The summed E-state index contributed by atoms with van der Waals surface area (Å²) in [6.45, 7) is 2.91. The zero-order valence-electron chi connectivity index (χ0n) is 12.0. The van der Waals surface area contributed by atoms with E-state index < -0.39 is 0 Å². The number of aryl methyl sites for hydroxylation is 1. The molecule has 2 rings (SSSR count). The molecule has 110 valence electrons. The lowest BCUT2D eigenvalue weighted by Gasteiger charge is -2.22. The summed E-state index contributed by atoms with van der Waals surface area (Å²) in [6.07, 6.45) is 6.50. The van der Waals surface area contributed by atoms with Gasteiger partial charge < -0.3 is 15.8 Å². The maximum atomic E-state index is 12.0. The van der Waals surface area contributed by atoms with Crippen molar-refractivity contribution in [2.75, 3.05) is 18.9 Å². The molecule has 5 nitrogen and oxygen atoms in total. The molecule has 0 spiro atoms. The fourth-order valence-electron chi connectivity index (χ4n) is 2.55. The number of rotatable bonds is 5. The smallest absolute Gasteiger partial charge is 0.251 e. The summed E-state index contributed by atoms with van der Waals surface area (Å²) in [5, 5.41) is 2.85. The number of hydrogen-bond donors (Lipinski definition) is 2. The summed E-state index contributed by atoms with van der Waals surface area (Å²) >= 11 is 0. The van der Waals surface area contributed by atoms with Crippen molar-refractivity contribution in [3.05, 3.63) is 23.4 Å². The van der Waals surface area contributed by atoms with Gasteiger partial charge >= 0.3 is 0 Å². The molecule has 1 aromatic rings. The summed E-state index contributed by atoms with van der Waals surface area (Å²) in [5.74, 6) is 0.239. The van der Waals surface area contributed by atoms with Crippen molar-refractivity contribution in [1.82, 2.24) is 10.3 Å². The maximum Gasteiger partial charge on any atom is 0.251 e. The molecule has 0 aliphatic heterocycles. The number of ether oxygens (including phenoxy) is 1. The highest BCUT2D eigenvalue weighted by atomic mass is 16.5. The first-order valence-electron chi connectivity index (χ1n) is 7.29. The summed E-state index contributed by atoms with van der Waals surface area (Å²) in [5.41, 5.74) is 6.93. The number of aromatic nitrogens is 1. The predicted octanol–water partition coefficient (Wildman–Crippen LogP) is 2.05. The van der Waals surface area contributed by atoms with Crippen LogP contribution in [0.25, 0.3) is 0 Å². The lowest BCUT2D eigenvalue weighted by atomic mass is 9.98. The lowest BCUT2D eigenvalue weighted by Crippen LogP contribution is -2.29. The quantitative estimate of drug-likeness (QED) is 0.808. The van der Waals surface area contributed by atoms with Crippen LogP contribution in [0, 0.1) is 6.92 Å². The average molecular weight is 277 g/mol. The summed E-state index contributed by atoms with van der Waals surface area (Å²) in [4.78, 5) is 16.0. The van der Waals surface area contributed by atoms with E-state index in [1.165, 1.54) is 19.3 Å². The van der Waals surface area contributed by atoms with Gasteiger partial charge in [-0.3, -0.25) is 4.79 Å². The van der Waals surface area contributed by atoms with Gasteiger partial charge in [-0.25, -0.2) is 4.98 Å². The van der Waals surface area contributed by atoms with Crippen molar-refractivity contribution in [3.63, 3.8) is 0 Å². The second kappa shape index (κ2) is 7.24. The van der Waals surface area contributed by atoms with Crippen molar-refractivity contribution in [3.8, 4) is 0 Å². The number of carbonyl (C=O) groups excluding carboxylic acids is 1. The highest BCUT2D eigenvalue weighted by Gasteiger charge is 2.13. The Kier molecular flexibility index (Phi) is 5.35. The molecule has 1 heterocycles. The van der Waals surface area contributed by atoms with Crippen molar-refractivity contribution >= 4 is 11.7 Å². The minimum Gasteiger partial charge on any atom is -0.384 e. The van der Waals surface area contributed by atoms with Gasteiger partial charge in [0.15, 0.2) is 0 Å². The van der Waals surface area contributed by atoms with Gasteiger partial charge in [-0.1, -0.05) is 19.3 Å². The van der Waals surface area contributed by atoms with Crippen LogP contribution >= 0.6 is 0 Å². The Morgan fingerprint density at radius 1 is 1.40 bits per heavy atom. The largest absolute Gasteiger partial charge is 0.384 e. The van der Waals surface area contributed by atoms with E-state index in [0.29, 0.717) is 30.6 Å². The number of hydrogen-bond acceptors (Lipinski definition) is 4. The number of nitrogens with two attached hydrogens (primary N) is 1. The van der Waals surface area contributed by atoms with Crippen molar-refractivity contribution in [1.29, 1.82) is 0 Å². The van der Waals surface area contributed by atoms with Gasteiger partial charge in [0.2, 0.25) is 0 Å². The second-order valence-electron chi connectivity index (χ2n) is 5.31. The van der Waals surface area contributed by atoms with Crippen LogP contribution in [-0.4, -0.2) is 30.1 Å². The molecule has 0 saturated heterocycles. The third kappa shape index (κ3) is 4.49. The fourth-order valence-corrected chi connectivity index (χ4v) is 2.55. The molecule has 0 unspecified atom stereocenters. The molecule has 20 heavy (non-hydrogen) atoms. The monoisotopic (exact) mass is 277 g/mol. The molecule has 1 aromatic heterocycles. The third-order valence-electron chi connectivity index (χ3n) is 3.53. The molecule has 1 aliphatic rings. The number of amides is 1. The van der Waals surface area contributed by atoms with Crippen molar-refractivity contribution in [2.24, 2.45) is 0 Å². The van der Waals surface area contributed by atoms with Gasteiger partial charge in [-0.2, -0.15) is 0 Å². The minimum absolute atomic E-state index is 0.130. The number of anilines is 1. The van der Waals surface area contributed by atoms with Gasteiger partial charge in [0.1, 0.15) is 5.82 Å². The first kappa shape index (κ1) is 14.8. The number of carbonyl (C=O) groups is 1. The van der Waals surface area contributed by atoms with Crippen LogP contribution in [0.4, 0.5) is 5.82 Å². The third-order valence-corrected chi connectivity index (χ3v) is 3.53. The topological polar surface area (TPSA) is 77.2 Å². The summed E-state index contributed by atoms with van der Waals surface area (Å²) < 4.78 is 5.76. The molecular formula is C15H23N3O2.